The number of ether oxygens (including phenoxy) is 1. The number of aromatic nitrogens is 2. The summed E-state index contributed by atoms with van der Waals surface area (Å²) < 4.78 is 6.49. The van der Waals surface area contributed by atoms with E-state index in [2.05, 4.69) is 40.6 Å². The van der Waals surface area contributed by atoms with Gasteiger partial charge in [0.1, 0.15) is 17.0 Å². The number of hydrogen-bond acceptors (Lipinski definition) is 4. The molecule has 6 nitrogen and oxygen atoms in total. The third kappa shape index (κ3) is 4.11. The highest BCUT2D eigenvalue weighted by atomic mass is 79.9. The van der Waals surface area contributed by atoms with Gasteiger partial charge in [-0.3, -0.25) is 9.78 Å². The largest absolute Gasteiger partial charge is 0.384 e. The molecule has 3 N–H and O–H groups in total. The van der Waals surface area contributed by atoms with Crippen LogP contribution in [0.2, 0.25) is 25.7 Å². The Kier molecular flexibility index (Phi) is 4.94. The zero-order chi connectivity index (χ0) is 13.9. The van der Waals surface area contributed by atoms with Crippen LogP contribution in [0.25, 0.3) is 0 Å². The third-order valence-corrected chi connectivity index (χ3v) is 4.84. The molecule has 0 saturated heterocycles. The van der Waals surface area contributed by atoms with E-state index in [1.165, 1.54) is 0 Å². The highest BCUT2D eigenvalue weighted by Crippen LogP contribution is 2.09. The Morgan fingerprint density at radius 1 is 1.39 bits per heavy atom. The van der Waals surface area contributed by atoms with Gasteiger partial charge in [0.05, 0.1) is 0 Å². The van der Waals surface area contributed by atoms with Gasteiger partial charge in [0.2, 0.25) is 0 Å². The van der Waals surface area contributed by atoms with Crippen LogP contribution in [-0.2, 0) is 11.5 Å². The summed E-state index contributed by atoms with van der Waals surface area (Å²) in [6, 6.07) is 0.982. The van der Waals surface area contributed by atoms with Crippen LogP contribution >= 0.6 is 15.9 Å². The lowest BCUT2D eigenvalue weighted by Crippen LogP contribution is -2.37. The minimum atomic E-state index is -1.17. The van der Waals surface area contributed by atoms with Gasteiger partial charge in [0, 0.05) is 14.7 Å². The van der Waals surface area contributed by atoms with Crippen molar-refractivity contribution in [2.45, 2.75) is 32.4 Å². The fourth-order valence-electron chi connectivity index (χ4n) is 1.21. The van der Waals surface area contributed by atoms with Crippen molar-refractivity contribution in [2.75, 3.05) is 12.3 Å². The number of nitrogen functional groups attached to an aromatic ring is 1. The number of nitrogens with one attached hydrogen (secondary N) is 1. The van der Waals surface area contributed by atoms with Gasteiger partial charge in [-0.1, -0.05) is 19.6 Å². The predicted molar refractivity (Wildman–Crippen MR) is 77.5 cm³/mol. The van der Waals surface area contributed by atoms with E-state index in [9.17, 15) is 9.59 Å². The summed E-state index contributed by atoms with van der Waals surface area (Å²) in [6.07, 6.45) is 0. The van der Waals surface area contributed by atoms with Gasteiger partial charge in [-0.15, -0.1) is 0 Å². The van der Waals surface area contributed by atoms with Gasteiger partial charge in [-0.05, 0) is 22.0 Å². The topological polar surface area (TPSA) is 90.1 Å². The zero-order valence-corrected chi connectivity index (χ0v) is 13.3. The lowest BCUT2D eigenvalue weighted by atomic mass is 10.6. The molecule has 8 heteroatoms. The molecule has 0 amide bonds. The highest BCUT2D eigenvalue weighted by molar-refractivity contribution is 9.10. The van der Waals surface area contributed by atoms with Crippen molar-refractivity contribution in [3.05, 3.63) is 25.3 Å². The number of rotatable bonds is 5. The fraction of sp³-hybridized carbons (Fsp3) is 0.600. The normalized spacial score (nSPS) is 11.8. The summed E-state index contributed by atoms with van der Waals surface area (Å²) in [4.78, 5) is 25.7. The van der Waals surface area contributed by atoms with E-state index in [-0.39, 0.29) is 17.0 Å². The average molecular weight is 336 g/mol. The molecular formula is C10H18BrN3O3Si. The first-order valence-corrected chi connectivity index (χ1v) is 10.1. The fourth-order valence-corrected chi connectivity index (χ4v) is 2.28. The first-order valence-electron chi connectivity index (χ1n) is 5.58. The molecule has 0 aliphatic heterocycles. The van der Waals surface area contributed by atoms with Crippen LogP contribution < -0.4 is 17.0 Å². The molecule has 0 aliphatic rings. The van der Waals surface area contributed by atoms with E-state index in [1.54, 1.807) is 0 Å². The quantitative estimate of drug-likeness (QED) is 0.624. The standard InChI is InChI=1S/C10H18BrN3O3Si/c1-18(2,3)5-4-17-6-14-9(15)7(11)8(12)13-10(14)16/h4-6,12H2,1-3H3,(H,13,16). The average Bonchev–Trinajstić information content (AvgIpc) is 2.23. The number of aromatic amines is 1. The third-order valence-electron chi connectivity index (χ3n) is 2.37. The second-order valence-corrected chi connectivity index (χ2v) is 11.7. The van der Waals surface area contributed by atoms with Crippen molar-refractivity contribution in [1.29, 1.82) is 0 Å². The van der Waals surface area contributed by atoms with Crippen molar-refractivity contribution >= 4 is 29.8 Å². The van der Waals surface area contributed by atoms with E-state index in [1.807, 2.05) is 0 Å². The second kappa shape index (κ2) is 5.85. The van der Waals surface area contributed by atoms with Crippen LogP contribution in [0.1, 0.15) is 0 Å². The van der Waals surface area contributed by atoms with Crippen molar-refractivity contribution in [1.82, 2.24) is 9.55 Å². The van der Waals surface area contributed by atoms with Crippen LogP contribution in [-0.4, -0.2) is 24.2 Å². The van der Waals surface area contributed by atoms with Crippen LogP contribution in [0.3, 0.4) is 0 Å². The molecule has 0 unspecified atom stereocenters. The molecule has 0 spiro atoms. The van der Waals surface area contributed by atoms with Crippen LogP contribution in [0.15, 0.2) is 14.1 Å². The molecule has 18 heavy (non-hydrogen) atoms. The molecular weight excluding hydrogens is 318 g/mol. The Morgan fingerprint density at radius 2 is 2.00 bits per heavy atom. The summed E-state index contributed by atoms with van der Waals surface area (Å²) in [7, 11) is -1.17. The van der Waals surface area contributed by atoms with E-state index >= 15 is 0 Å². The lowest BCUT2D eigenvalue weighted by Gasteiger charge is -2.15. The second-order valence-electron chi connectivity index (χ2n) is 5.24. The molecule has 0 bridgehead atoms. The number of halogens is 1. The van der Waals surface area contributed by atoms with Gasteiger partial charge >= 0.3 is 5.69 Å². The van der Waals surface area contributed by atoms with Crippen molar-refractivity contribution in [2.24, 2.45) is 0 Å². The molecule has 0 atom stereocenters. The molecule has 1 heterocycles. The summed E-state index contributed by atoms with van der Waals surface area (Å²) >= 11 is 3.03. The Bertz CT molecular complexity index is 533. The van der Waals surface area contributed by atoms with Crippen molar-refractivity contribution in [3.8, 4) is 0 Å². The summed E-state index contributed by atoms with van der Waals surface area (Å²) in [6.45, 7) is 7.18. The smallest absolute Gasteiger partial charge is 0.331 e. The molecule has 1 aromatic heterocycles. The zero-order valence-electron chi connectivity index (χ0n) is 10.7. The van der Waals surface area contributed by atoms with Gasteiger partial charge < -0.3 is 10.5 Å². The van der Waals surface area contributed by atoms with Crippen LogP contribution in [0.5, 0.6) is 0 Å². The first kappa shape index (κ1) is 15.2. The molecule has 0 radical (unpaired) electrons. The molecule has 102 valence electrons. The Morgan fingerprint density at radius 3 is 2.56 bits per heavy atom. The van der Waals surface area contributed by atoms with Crippen LogP contribution in [0.4, 0.5) is 5.82 Å². The highest BCUT2D eigenvalue weighted by Gasteiger charge is 2.13. The summed E-state index contributed by atoms with van der Waals surface area (Å²) in [5, 5.41) is 0. The number of nitrogens with two attached hydrogens (primary N) is 1. The number of H-pyrrole nitrogens is 1. The maximum Gasteiger partial charge on any atom is 0.331 e. The minimum absolute atomic E-state index is 0.0309. The molecule has 0 saturated carbocycles. The van der Waals surface area contributed by atoms with Crippen molar-refractivity contribution in [3.63, 3.8) is 0 Å². The Labute approximate surface area is 114 Å². The molecule has 1 rings (SSSR count). The Balaban J connectivity index is 2.72. The predicted octanol–water partition coefficient (Wildman–Crippen LogP) is 1.19. The van der Waals surface area contributed by atoms with Gasteiger partial charge in [-0.2, -0.15) is 0 Å². The Hall–Kier alpha value is -0.863. The van der Waals surface area contributed by atoms with Gasteiger partial charge in [0.15, 0.2) is 0 Å². The number of nitrogens with zero attached hydrogens (tertiary/aromatic N) is 1. The molecule has 0 aliphatic carbocycles. The van der Waals surface area contributed by atoms with E-state index in [0.717, 1.165) is 10.6 Å². The maximum atomic E-state index is 11.7. The number of hydrogen-bond donors (Lipinski definition) is 2. The molecule has 0 aromatic carbocycles. The summed E-state index contributed by atoms with van der Waals surface area (Å²) in [5.41, 5.74) is 4.41. The number of anilines is 1. The molecule has 0 fully saturated rings. The minimum Gasteiger partial charge on any atom is -0.384 e. The summed E-state index contributed by atoms with van der Waals surface area (Å²) in [5.74, 6) is 0.0309. The van der Waals surface area contributed by atoms with Gasteiger partial charge in [0.25, 0.3) is 5.56 Å². The van der Waals surface area contributed by atoms with E-state index in [4.69, 9.17) is 10.5 Å². The monoisotopic (exact) mass is 335 g/mol. The van der Waals surface area contributed by atoms with Gasteiger partial charge in [-0.25, -0.2) is 9.36 Å². The first-order chi connectivity index (χ1) is 8.22. The maximum absolute atomic E-state index is 11.7. The lowest BCUT2D eigenvalue weighted by molar-refractivity contribution is 0.0814. The van der Waals surface area contributed by atoms with E-state index in [0.29, 0.717) is 6.61 Å². The molecule has 1 aromatic rings. The SMILES string of the molecule is C[Si](C)(C)CCOCn1c(=O)[nH]c(N)c(Br)c1=O. The van der Waals surface area contributed by atoms with E-state index < -0.39 is 19.3 Å². The van der Waals surface area contributed by atoms with Crippen molar-refractivity contribution < 1.29 is 4.74 Å². The van der Waals surface area contributed by atoms with Crippen LogP contribution in [0, 0.1) is 0 Å².